The fourth-order valence-corrected chi connectivity index (χ4v) is 4.60. The van der Waals surface area contributed by atoms with Gasteiger partial charge in [-0.2, -0.15) is 0 Å². The molecule has 1 N–H and O–H groups in total. The van der Waals surface area contributed by atoms with E-state index in [4.69, 9.17) is 23.2 Å². The number of carbonyl (C=O) groups excluding carboxylic acids is 1. The average Bonchev–Trinajstić information content (AvgIpc) is 3.11. The maximum absolute atomic E-state index is 12.8. The van der Waals surface area contributed by atoms with Gasteiger partial charge in [-0.15, -0.1) is 0 Å². The zero-order chi connectivity index (χ0) is 22.7. The van der Waals surface area contributed by atoms with Crippen LogP contribution >= 0.6 is 23.2 Å². The van der Waals surface area contributed by atoms with E-state index in [-0.39, 0.29) is 5.91 Å². The number of carbonyl (C=O) groups is 1. The number of aromatic nitrogens is 1. The molecule has 0 radical (unpaired) electrons. The molecule has 0 aliphatic carbocycles. The lowest BCUT2D eigenvalue weighted by Crippen LogP contribution is -2.48. The highest BCUT2D eigenvalue weighted by Gasteiger charge is 2.20. The van der Waals surface area contributed by atoms with Crippen LogP contribution < -0.4 is 10.2 Å². The van der Waals surface area contributed by atoms with Crippen molar-refractivity contribution in [3.05, 3.63) is 75.9 Å². The Balaban J connectivity index is 1.29. The summed E-state index contributed by atoms with van der Waals surface area (Å²) in [7, 11) is 2.00. The van der Waals surface area contributed by atoms with E-state index < -0.39 is 0 Å². The fourth-order valence-electron chi connectivity index (χ4n) is 4.19. The predicted molar refractivity (Wildman–Crippen MR) is 133 cm³/mol. The summed E-state index contributed by atoms with van der Waals surface area (Å²) in [5.74, 6) is -0.0235. The average molecular weight is 471 g/mol. The van der Waals surface area contributed by atoms with E-state index in [1.165, 1.54) is 0 Å². The summed E-state index contributed by atoms with van der Waals surface area (Å²) in [5, 5.41) is 4.29. The lowest BCUT2D eigenvalue weighted by Gasteiger charge is -2.36. The molecule has 1 saturated heterocycles. The van der Waals surface area contributed by atoms with Crippen LogP contribution in [0.25, 0.3) is 11.3 Å². The van der Waals surface area contributed by atoms with E-state index in [9.17, 15) is 4.79 Å². The number of amides is 1. The van der Waals surface area contributed by atoms with Crippen LogP contribution in [0.4, 0.5) is 5.69 Å². The maximum atomic E-state index is 12.8. The van der Waals surface area contributed by atoms with Crippen molar-refractivity contribution in [2.75, 3.05) is 44.2 Å². The van der Waals surface area contributed by atoms with Gasteiger partial charge in [-0.25, -0.2) is 0 Å². The second kappa shape index (κ2) is 9.99. The standard InChI is InChI=1S/C25H28Cl2N4O/c1-18-20(17-23(29(18)2)19-7-4-3-5-8-19)25(32)28-11-12-30-13-15-31(16-14-30)22-10-6-9-21(26)24(22)27/h3-10,17H,11-16H2,1-2H3,(H,28,32). The fraction of sp³-hybridized carbons (Fsp3) is 0.320. The lowest BCUT2D eigenvalue weighted by molar-refractivity contribution is 0.0947. The van der Waals surface area contributed by atoms with Crippen molar-refractivity contribution in [1.29, 1.82) is 0 Å². The summed E-state index contributed by atoms with van der Waals surface area (Å²) in [4.78, 5) is 17.5. The Morgan fingerprint density at radius 3 is 2.44 bits per heavy atom. The van der Waals surface area contributed by atoms with Gasteiger partial charge in [0.15, 0.2) is 0 Å². The first-order valence-corrected chi connectivity index (χ1v) is 11.6. The molecule has 7 heteroatoms. The molecule has 1 aromatic heterocycles. The van der Waals surface area contributed by atoms with Gasteiger partial charge in [0.05, 0.1) is 21.3 Å². The molecule has 0 saturated carbocycles. The number of hydrogen-bond donors (Lipinski definition) is 1. The largest absolute Gasteiger partial charge is 0.368 e. The summed E-state index contributed by atoms with van der Waals surface area (Å²) in [6.45, 7) is 7.02. The van der Waals surface area contributed by atoms with Gasteiger partial charge in [0.2, 0.25) is 0 Å². The van der Waals surface area contributed by atoms with Crippen LogP contribution in [0.5, 0.6) is 0 Å². The minimum atomic E-state index is -0.0235. The van der Waals surface area contributed by atoms with Gasteiger partial charge in [0.25, 0.3) is 5.91 Å². The second-order valence-corrected chi connectivity index (χ2v) is 8.90. The number of nitrogens with zero attached hydrogens (tertiary/aromatic N) is 3. The zero-order valence-electron chi connectivity index (χ0n) is 18.4. The van der Waals surface area contributed by atoms with E-state index in [0.29, 0.717) is 16.6 Å². The molecule has 1 aliphatic rings. The molecular formula is C25H28Cl2N4O. The SMILES string of the molecule is Cc1c(C(=O)NCCN2CCN(c3cccc(Cl)c3Cl)CC2)cc(-c2ccccc2)n1C. The van der Waals surface area contributed by atoms with Gasteiger partial charge < -0.3 is 14.8 Å². The number of nitrogens with one attached hydrogen (secondary N) is 1. The topological polar surface area (TPSA) is 40.5 Å². The molecule has 168 valence electrons. The normalized spacial score (nSPS) is 14.6. The smallest absolute Gasteiger partial charge is 0.253 e. The van der Waals surface area contributed by atoms with Crippen molar-refractivity contribution in [3.63, 3.8) is 0 Å². The van der Waals surface area contributed by atoms with E-state index in [1.54, 1.807) is 0 Å². The highest BCUT2D eigenvalue weighted by molar-refractivity contribution is 6.43. The summed E-state index contributed by atoms with van der Waals surface area (Å²) in [6, 6.07) is 17.9. The predicted octanol–water partition coefficient (Wildman–Crippen LogP) is 4.86. The van der Waals surface area contributed by atoms with Crippen molar-refractivity contribution in [2.24, 2.45) is 7.05 Å². The minimum Gasteiger partial charge on any atom is -0.368 e. The number of halogens is 2. The van der Waals surface area contributed by atoms with Gasteiger partial charge in [-0.1, -0.05) is 59.6 Å². The quantitative estimate of drug-likeness (QED) is 0.559. The van der Waals surface area contributed by atoms with E-state index >= 15 is 0 Å². The molecule has 2 heterocycles. The first kappa shape index (κ1) is 22.7. The number of benzene rings is 2. The molecule has 1 aliphatic heterocycles. The van der Waals surface area contributed by atoms with Crippen molar-refractivity contribution in [3.8, 4) is 11.3 Å². The molecular weight excluding hydrogens is 443 g/mol. The number of piperazine rings is 1. The van der Waals surface area contributed by atoms with E-state index in [2.05, 4.69) is 31.8 Å². The molecule has 1 fully saturated rings. The molecule has 0 bridgehead atoms. The van der Waals surface area contributed by atoms with Gasteiger partial charge in [0, 0.05) is 57.7 Å². The van der Waals surface area contributed by atoms with Crippen LogP contribution in [0.3, 0.4) is 0 Å². The Labute approximate surface area is 199 Å². The Bertz CT molecular complexity index is 1090. The van der Waals surface area contributed by atoms with Crippen LogP contribution in [-0.4, -0.2) is 54.6 Å². The van der Waals surface area contributed by atoms with E-state index in [1.807, 2.05) is 56.4 Å². The van der Waals surface area contributed by atoms with Gasteiger partial charge in [-0.3, -0.25) is 9.69 Å². The molecule has 3 aromatic rings. The second-order valence-electron chi connectivity index (χ2n) is 8.11. The van der Waals surface area contributed by atoms with Crippen molar-refractivity contribution < 1.29 is 4.79 Å². The van der Waals surface area contributed by atoms with Crippen LogP contribution in [-0.2, 0) is 7.05 Å². The van der Waals surface area contributed by atoms with Gasteiger partial charge >= 0.3 is 0 Å². The monoisotopic (exact) mass is 470 g/mol. The third-order valence-corrected chi connectivity index (χ3v) is 7.02. The van der Waals surface area contributed by atoms with Crippen molar-refractivity contribution in [1.82, 2.24) is 14.8 Å². The Kier molecular flexibility index (Phi) is 7.09. The molecule has 2 aromatic carbocycles. The Morgan fingerprint density at radius 2 is 1.72 bits per heavy atom. The summed E-state index contributed by atoms with van der Waals surface area (Å²) in [6.07, 6.45) is 0. The summed E-state index contributed by atoms with van der Waals surface area (Å²) < 4.78 is 2.07. The van der Waals surface area contributed by atoms with Crippen LogP contribution in [0, 0.1) is 6.92 Å². The Morgan fingerprint density at radius 1 is 1.00 bits per heavy atom. The first-order valence-electron chi connectivity index (χ1n) is 10.9. The number of rotatable bonds is 6. The molecule has 5 nitrogen and oxygen atoms in total. The lowest BCUT2D eigenvalue weighted by atomic mass is 10.1. The van der Waals surface area contributed by atoms with Crippen molar-refractivity contribution >= 4 is 34.8 Å². The van der Waals surface area contributed by atoms with Crippen LogP contribution in [0.2, 0.25) is 10.0 Å². The molecule has 0 unspecified atom stereocenters. The third kappa shape index (κ3) is 4.80. The summed E-state index contributed by atoms with van der Waals surface area (Å²) in [5.41, 5.74) is 4.83. The highest BCUT2D eigenvalue weighted by Crippen LogP contribution is 2.32. The molecule has 4 rings (SSSR count). The number of hydrogen-bond acceptors (Lipinski definition) is 3. The molecule has 0 spiro atoms. The van der Waals surface area contributed by atoms with E-state index in [0.717, 1.165) is 60.9 Å². The molecule has 0 atom stereocenters. The third-order valence-electron chi connectivity index (χ3n) is 6.21. The maximum Gasteiger partial charge on any atom is 0.253 e. The summed E-state index contributed by atoms with van der Waals surface area (Å²) >= 11 is 12.5. The number of anilines is 1. The molecule has 32 heavy (non-hydrogen) atoms. The van der Waals surface area contributed by atoms with Gasteiger partial charge in [-0.05, 0) is 30.7 Å². The minimum absolute atomic E-state index is 0.0235. The van der Waals surface area contributed by atoms with Crippen LogP contribution in [0.15, 0.2) is 54.6 Å². The highest BCUT2D eigenvalue weighted by atomic mass is 35.5. The molecule has 1 amide bonds. The Hall–Kier alpha value is -2.47. The van der Waals surface area contributed by atoms with Crippen LogP contribution in [0.1, 0.15) is 16.1 Å². The van der Waals surface area contributed by atoms with Gasteiger partial charge in [0.1, 0.15) is 0 Å². The van der Waals surface area contributed by atoms with Crippen molar-refractivity contribution in [2.45, 2.75) is 6.92 Å². The zero-order valence-corrected chi connectivity index (χ0v) is 20.0. The first-order chi connectivity index (χ1) is 15.5.